The van der Waals surface area contributed by atoms with Gasteiger partial charge >= 0.3 is 0 Å². The summed E-state index contributed by atoms with van der Waals surface area (Å²) in [7, 11) is 0. The molecule has 2 aromatic heterocycles. The second-order valence-electron chi connectivity index (χ2n) is 3.08. The average Bonchev–Trinajstić information content (AvgIpc) is 2.29. The van der Waals surface area contributed by atoms with E-state index in [4.69, 9.17) is 0 Å². The molecule has 3 nitrogen and oxygen atoms in total. The van der Waals surface area contributed by atoms with Crippen molar-refractivity contribution in [3.63, 3.8) is 0 Å². The molecule has 2 heterocycles. The largest absolute Gasteiger partial charge is 0.255 e. The topological polar surface area (TPSA) is 30.2 Å². The molecule has 2 rings (SSSR count). The average molecular weight is 161 g/mol. The van der Waals surface area contributed by atoms with Crippen LogP contribution in [0.2, 0.25) is 0 Å². The van der Waals surface area contributed by atoms with E-state index in [-0.39, 0.29) is 0 Å². The van der Waals surface area contributed by atoms with Crippen LogP contribution in [-0.4, -0.2) is 14.6 Å². The molecule has 0 aliphatic rings. The molecule has 0 bridgehead atoms. The Balaban J connectivity index is 2.88. The number of hydrogen-bond donors (Lipinski definition) is 0. The Morgan fingerprint density at radius 3 is 2.67 bits per heavy atom. The van der Waals surface area contributed by atoms with Crippen LogP contribution in [0.3, 0.4) is 0 Å². The lowest BCUT2D eigenvalue weighted by molar-refractivity contribution is 0.897. The maximum Gasteiger partial charge on any atom is 0.0877 e. The quantitative estimate of drug-likeness (QED) is 0.588. The Kier molecular flexibility index (Phi) is 1.40. The van der Waals surface area contributed by atoms with Gasteiger partial charge in [-0.2, -0.15) is 5.10 Å². The van der Waals surface area contributed by atoms with Crippen LogP contribution in [-0.2, 0) is 0 Å². The van der Waals surface area contributed by atoms with Crippen molar-refractivity contribution in [2.24, 2.45) is 0 Å². The van der Waals surface area contributed by atoms with Crippen LogP contribution < -0.4 is 0 Å². The predicted octanol–water partition coefficient (Wildman–Crippen LogP) is 1.65. The van der Waals surface area contributed by atoms with Gasteiger partial charge in [-0.1, -0.05) is 0 Å². The zero-order chi connectivity index (χ0) is 8.72. The minimum atomic E-state index is 1.00. The molecule has 0 saturated heterocycles. The summed E-state index contributed by atoms with van der Waals surface area (Å²) in [5.41, 5.74) is 4.17. The zero-order valence-corrected chi connectivity index (χ0v) is 7.50. The highest BCUT2D eigenvalue weighted by atomic mass is 15.2. The van der Waals surface area contributed by atoms with E-state index in [9.17, 15) is 0 Å². The first-order chi connectivity index (χ1) is 5.66. The summed E-state index contributed by atoms with van der Waals surface area (Å²) in [4.78, 5) is 4.35. The number of rotatable bonds is 0. The monoisotopic (exact) mass is 161 g/mol. The predicted molar refractivity (Wildman–Crippen MR) is 47.2 cm³/mol. The standard InChI is InChI=1S/C9H11N3/c1-6-4-9-8(3)10-7(2)5-12(9)11-6/h4-5H,1-3H3. The summed E-state index contributed by atoms with van der Waals surface area (Å²) in [6.07, 6.45) is 1.94. The van der Waals surface area contributed by atoms with Crippen LogP contribution in [0, 0.1) is 20.8 Å². The molecule has 0 N–H and O–H groups in total. The van der Waals surface area contributed by atoms with E-state index in [1.807, 2.05) is 37.5 Å². The smallest absolute Gasteiger partial charge is 0.0877 e. The van der Waals surface area contributed by atoms with Crippen LogP contribution in [0.4, 0.5) is 0 Å². The summed E-state index contributed by atoms with van der Waals surface area (Å²) in [6, 6.07) is 2.04. The molecule has 0 amide bonds. The summed E-state index contributed by atoms with van der Waals surface area (Å²) in [5, 5.41) is 4.31. The van der Waals surface area contributed by atoms with Crippen LogP contribution >= 0.6 is 0 Å². The summed E-state index contributed by atoms with van der Waals surface area (Å²) >= 11 is 0. The maximum absolute atomic E-state index is 4.35. The van der Waals surface area contributed by atoms with E-state index in [1.165, 1.54) is 0 Å². The molecule has 0 saturated carbocycles. The lowest BCUT2D eigenvalue weighted by atomic mass is 10.3. The molecule has 12 heavy (non-hydrogen) atoms. The second kappa shape index (κ2) is 2.30. The van der Waals surface area contributed by atoms with Gasteiger partial charge in [0.05, 0.1) is 28.8 Å². The Bertz CT molecular complexity index is 429. The van der Waals surface area contributed by atoms with E-state index in [2.05, 4.69) is 10.1 Å². The van der Waals surface area contributed by atoms with E-state index in [1.54, 1.807) is 0 Å². The normalized spacial score (nSPS) is 10.9. The van der Waals surface area contributed by atoms with Crippen molar-refractivity contribution in [2.75, 3.05) is 0 Å². The van der Waals surface area contributed by atoms with Gasteiger partial charge in [0, 0.05) is 0 Å². The second-order valence-corrected chi connectivity index (χ2v) is 3.08. The number of hydrogen-bond acceptors (Lipinski definition) is 2. The van der Waals surface area contributed by atoms with Crippen molar-refractivity contribution in [1.82, 2.24) is 14.6 Å². The zero-order valence-electron chi connectivity index (χ0n) is 7.50. The Morgan fingerprint density at radius 1 is 1.17 bits per heavy atom. The van der Waals surface area contributed by atoms with E-state index < -0.39 is 0 Å². The van der Waals surface area contributed by atoms with Gasteiger partial charge in [-0.25, -0.2) is 4.52 Å². The molecule has 62 valence electrons. The minimum absolute atomic E-state index is 1.00. The van der Waals surface area contributed by atoms with Gasteiger partial charge < -0.3 is 0 Å². The Labute approximate surface area is 71.1 Å². The molecule has 0 atom stereocenters. The van der Waals surface area contributed by atoms with Crippen LogP contribution in [0.5, 0.6) is 0 Å². The third kappa shape index (κ3) is 0.978. The van der Waals surface area contributed by atoms with Crippen molar-refractivity contribution in [3.05, 3.63) is 29.3 Å². The highest BCUT2D eigenvalue weighted by molar-refractivity contribution is 5.51. The Hall–Kier alpha value is -1.38. The van der Waals surface area contributed by atoms with Crippen LogP contribution in [0.1, 0.15) is 17.1 Å². The fourth-order valence-corrected chi connectivity index (χ4v) is 1.41. The SMILES string of the molecule is Cc1cn2nc(C)cc2c(C)n1. The molecular weight excluding hydrogens is 150 g/mol. The van der Waals surface area contributed by atoms with Crippen LogP contribution in [0.15, 0.2) is 12.3 Å². The van der Waals surface area contributed by atoms with Gasteiger partial charge in [0.25, 0.3) is 0 Å². The van der Waals surface area contributed by atoms with Crippen LogP contribution in [0.25, 0.3) is 5.52 Å². The molecule has 0 radical (unpaired) electrons. The van der Waals surface area contributed by atoms with Crippen molar-refractivity contribution in [2.45, 2.75) is 20.8 Å². The van der Waals surface area contributed by atoms with Crippen molar-refractivity contribution in [3.8, 4) is 0 Å². The lowest BCUT2D eigenvalue weighted by Crippen LogP contribution is -1.94. The summed E-state index contributed by atoms with van der Waals surface area (Å²) in [6.45, 7) is 5.97. The highest BCUT2D eigenvalue weighted by Crippen LogP contribution is 2.09. The van der Waals surface area contributed by atoms with Gasteiger partial charge in [0.2, 0.25) is 0 Å². The molecule has 0 aliphatic carbocycles. The Morgan fingerprint density at radius 2 is 1.92 bits per heavy atom. The van der Waals surface area contributed by atoms with Gasteiger partial charge in [0.1, 0.15) is 0 Å². The van der Waals surface area contributed by atoms with E-state index in [0.29, 0.717) is 0 Å². The first kappa shape index (κ1) is 7.28. The van der Waals surface area contributed by atoms with E-state index >= 15 is 0 Å². The molecule has 3 heteroatoms. The number of fused-ring (bicyclic) bond motifs is 1. The fraction of sp³-hybridized carbons (Fsp3) is 0.333. The first-order valence-electron chi connectivity index (χ1n) is 3.97. The molecular formula is C9H11N3. The third-order valence-corrected chi connectivity index (χ3v) is 1.88. The van der Waals surface area contributed by atoms with Gasteiger partial charge in [-0.05, 0) is 26.8 Å². The van der Waals surface area contributed by atoms with Crippen molar-refractivity contribution < 1.29 is 0 Å². The molecule has 0 unspecified atom stereocenters. The summed E-state index contributed by atoms with van der Waals surface area (Å²) < 4.78 is 1.88. The molecule has 2 aromatic rings. The highest BCUT2D eigenvalue weighted by Gasteiger charge is 2.01. The minimum Gasteiger partial charge on any atom is -0.255 e. The van der Waals surface area contributed by atoms with Crippen molar-refractivity contribution >= 4 is 5.52 Å². The lowest BCUT2D eigenvalue weighted by Gasteiger charge is -1.98. The fourth-order valence-electron chi connectivity index (χ4n) is 1.41. The molecule has 0 spiro atoms. The maximum atomic E-state index is 4.35. The number of nitrogens with zero attached hydrogens (tertiary/aromatic N) is 3. The number of aromatic nitrogens is 3. The molecule has 0 aromatic carbocycles. The first-order valence-corrected chi connectivity index (χ1v) is 3.97. The molecule has 0 fully saturated rings. The van der Waals surface area contributed by atoms with Gasteiger partial charge in [0.15, 0.2) is 0 Å². The van der Waals surface area contributed by atoms with E-state index in [0.717, 1.165) is 22.6 Å². The third-order valence-electron chi connectivity index (χ3n) is 1.88. The number of aryl methyl sites for hydroxylation is 3. The van der Waals surface area contributed by atoms with Gasteiger partial charge in [-0.3, -0.25) is 4.98 Å². The van der Waals surface area contributed by atoms with Gasteiger partial charge in [-0.15, -0.1) is 0 Å². The molecule has 0 aliphatic heterocycles. The summed E-state index contributed by atoms with van der Waals surface area (Å²) in [5.74, 6) is 0. The van der Waals surface area contributed by atoms with Crippen molar-refractivity contribution in [1.29, 1.82) is 0 Å².